The third kappa shape index (κ3) is 3.44. The second-order valence-corrected chi connectivity index (χ2v) is 6.40. The smallest absolute Gasteiger partial charge is 0.313 e. The van der Waals surface area contributed by atoms with E-state index in [9.17, 15) is 14.4 Å². The zero-order valence-corrected chi connectivity index (χ0v) is 15.0. The van der Waals surface area contributed by atoms with Crippen LogP contribution in [0.3, 0.4) is 0 Å². The lowest BCUT2D eigenvalue weighted by molar-refractivity contribution is -0.144. The van der Waals surface area contributed by atoms with E-state index in [0.717, 1.165) is 5.39 Å². The number of fused-ring (bicyclic) bond motifs is 1. The molecule has 8 nitrogen and oxygen atoms in total. The molecule has 1 N–H and O–H groups in total. The van der Waals surface area contributed by atoms with Gasteiger partial charge in [0.05, 0.1) is 17.5 Å². The van der Waals surface area contributed by atoms with Crippen molar-refractivity contribution >= 4 is 34.3 Å². The number of furan rings is 1. The highest BCUT2D eigenvalue weighted by Gasteiger charge is 2.29. The molecule has 3 heterocycles. The highest BCUT2D eigenvalue weighted by molar-refractivity contribution is 6.40. The molecule has 28 heavy (non-hydrogen) atoms. The Bertz CT molecular complexity index is 1020. The number of benzene rings is 1. The summed E-state index contributed by atoms with van der Waals surface area (Å²) >= 11 is 0. The molecule has 2 aromatic heterocycles. The van der Waals surface area contributed by atoms with Crippen molar-refractivity contribution in [2.75, 3.05) is 31.5 Å². The SMILES string of the molecule is O=C(Nc1cccc2cccnc12)C(=O)N1CCN(C(=O)c2ccco2)CC1. The van der Waals surface area contributed by atoms with Crippen LogP contribution in [0.4, 0.5) is 5.69 Å². The Morgan fingerprint density at radius 3 is 2.43 bits per heavy atom. The fourth-order valence-corrected chi connectivity index (χ4v) is 3.19. The molecule has 0 radical (unpaired) electrons. The van der Waals surface area contributed by atoms with Crippen LogP contribution in [-0.4, -0.2) is 58.7 Å². The second kappa shape index (κ2) is 7.51. The van der Waals surface area contributed by atoms with E-state index in [1.165, 1.54) is 11.2 Å². The number of rotatable bonds is 2. The molecule has 1 aliphatic heterocycles. The van der Waals surface area contributed by atoms with Gasteiger partial charge < -0.3 is 19.5 Å². The number of aromatic nitrogens is 1. The van der Waals surface area contributed by atoms with Crippen LogP contribution in [0.15, 0.2) is 59.3 Å². The predicted octanol–water partition coefficient (Wildman–Crippen LogP) is 1.75. The molecule has 0 unspecified atom stereocenters. The van der Waals surface area contributed by atoms with Crippen molar-refractivity contribution < 1.29 is 18.8 Å². The molecule has 3 aromatic rings. The van der Waals surface area contributed by atoms with Crippen molar-refractivity contribution in [3.8, 4) is 0 Å². The zero-order valence-electron chi connectivity index (χ0n) is 15.0. The molecule has 0 aliphatic carbocycles. The fourth-order valence-electron chi connectivity index (χ4n) is 3.19. The summed E-state index contributed by atoms with van der Waals surface area (Å²) in [6.45, 7) is 1.25. The summed E-state index contributed by atoms with van der Waals surface area (Å²) in [7, 11) is 0. The molecule has 1 saturated heterocycles. The number of piperazine rings is 1. The van der Waals surface area contributed by atoms with Gasteiger partial charge in [-0.3, -0.25) is 19.4 Å². The van der Waals surface area contributed by atoms with Gasteiger partial charge in [-0.15, -0.1) is 0 Å². The summed E-state index contributed by atoms with van der Waals surface area (Å²) in [5.74, 6) is -1.30. The van der Waals surface area contributed by atoms with Crippen LogP contribution in [-0.2, 0) is 9.59 Å². The fraction of sp³-hybridized carbons (Fsp3) is 0.200. The average molecular weight is 378 g/mol. The molecule has 1 fully saturated rings. The van der Waals surface area contributed by atoms with E-state index in [1.807, 2.05) is 18.2 Å². The first-order chi connectivity index (χ1) is 13.6. The summed E-state index contributed by atoms with van der Waals surface area (Å²) in [4.78, 5) is 44.5. The normalized spacial score (nSPS) is 14.1. The van der Waals surface area contributed by atoms with Crippen molar-refractivity contribution in [1.29, 1.82) is 0 Å². The van der Waals surface area contributed by atoms with Crippen molar-refractivity contribution in [2.45, 2.75) is 0 Å². The number of carbonyl (C=O) groups excluding carboxylic acids is 3. The number of pyridine rings is 1. The van der Waals surface area contributed by atoms with Crippen molar-refractivity contribution in [3.05, 3.63) is 60.7 Å². The summed E-state index contributed by atoms with van der Waals surface area (Å²) in [6, 6.07) is 12.3. The van der Waals surface area contributed by atoms with Crippen LogP contribution in [0.2, 0.25) is 0 Å². The topological polar surface area (TPSA) is 95.8 Å². The first-order valence-electron chi connectivity index (χ1n) is 8.90. The minimum atomic E-state index is -0.719. The summed E-state index contributed by atoms with van der Waals surface area (Å²) in [6.07, 6.45) is 3.08. The van der Waals surface area contributed by atoms with Gasteiger partial charge in [0.1, 0.15) is 0 Å². The van der Waals surface area contributed by atoms with E-state index in [2.05, 4.69) is 10.3 Å². The van der Waals surface area contributed by atoms with Gasteiger partial charge in [0.2, 0.25) is 0 Å². The van der Waals surface area contributed by atoms with Gasteiger partial charge in [-0.1, -0.05) is 18.2 Å². The van der Waals surface area contributed by atoms with Crippen LogP contribution in [0.5, 0.6) is 0 Å². The number of anilines is 1. The molecule has 1 aromatic carbocycles. The molecule has 8 heteroatoms. The van der Waals surface area contributed by atoms with Gasteiger partial charge in [-0.05, 0) is 24.3 Å². The molecule has 3 amide bonds. The average Bonchev–Trinajstić information content (AvgIpc) is 3.28. The Morgan fingerprint density at radius 1 is 0.929 bits per heavy atom. The first kappa shape index (κ1) is 17.7. The number of hydrogen-bond donors (Lipinski definition) is 1. The van der Waals surface area contributed by atoms with Crippen LogP contribution in [0.1, 0.15) is 10.6 Å². The highest BCUT2D eigenvalue weighted by atomic mass is 16.3. The monoisotopic (exact) mass is 378 g/mol. The minimum absolute atomic E-state index is 0.219. The Labute approximate surface area is 160 Å². The van der Waals surface area contributed by atoms with Gasteiger partial charge in [-0.25, -0.2) is 0 Å². The first-order valence-corrected chi connectivity index (χ1v) is 8.90. The van der Waals surface area contributed by atoms with E-state index >= 15 is 0 Å². The Balaban J connectivity index is 1.38. The molecule has 0 atom stereocenters. The molecule has 142 valence electrons. The number of nitrogens with one attached hydrogen (secondary N) is 1. The van der Waals surface area contributed by atoms with Gasteiger partial charge >= 0.3 is 11.8 Å². The summed E-state index contributed by atoms with van der Waals surface area (Å²) < 4.78 is 5.12. The predicted molar refractivity (Wildman–Crippen MR) is 102 cm³/mol. The maximum atomic E-state index is 12.5. The minimum Gasteiger partial charge on any atom is -0.459 e. The molecule has 1 aliphatic rings. The van der Waals surface area contributed by atoms with Crippen LogP contribution in [0, 0.1) is 0 Å². The van der Waals surface area contributed by atoms with Gasteiger partial charge in [0.25, 0.3) is 5.91 Å². The number of nitrogens with zero attached hydrogens (tertiary/aromatic N) is 3. The maximum Gasteiger partial charge on any atom is 0.313 e. The van der Waals surface area contributed by atoms with Crippen LogP contribution >= 0.6 is 0 Å². The standard InChI is InChI=1S/C20H18N4O4/c25-18(22-15-6-1-4-14-5-2-8-21-17(14)15)20(27)24-11-9-23(10-12-24)19(26)16-7-3-13-28-16/h1-8,13H,9-12H2,(H,22,25). The summed E-state index contributed by atoms with van der Waals surface area (Å²) in [5.41, 5.74) is 1.11. The Hall–Kier alpha value is -3.68. The highest BCUT2D eigenvalue weighted by Crippen LogP contribution is 2.20. The van der Waals surface area contributed by atoms with E-state index in [-0.39, 0.29) is 24.8 Å². The zero-order chi connectivity index (χ0) is 19.5. The lowest BCUT2D eigenvalue weighted by Gasteiger charge is -2.33. The van der Waals surface area contributed by atoms with Crippen molar-refractivity contribution in [1.82, 2.24) is 14.8 Å². The Kier molecular flexibility index (Phi) is 4.76. The second-order valence-electron chi connectivity index (χ2n) is 6.40. The summed E-state index contributed by atoms with van der Waals surface area (Å²) in [5, 5.41) is 3.52. The van der Waals surface area contributed by atoms with Gasteiger partial charge in [0.15, 0.2) is 5.76 Å². The number of para-hydroxylation sites is 1. The molecule has 0 bridgehead atoms. The molecular formula is C20H18N4O4. The number of amides is 3. The third-order valence-electron chi connectivity index (χ3n) is 4.66. The molecule has 0 spiro atoms. The molecular weight excluding hydrogens is 360 g/mol. The van der Waals surface area contributed by atoms with E-state index in [4.69, 9.17) is 4.42 Å². The van der Waals surface area contributed by atoms with Crippen molar-refractivity contribution in [3.63, 3.8) is 0 Å². The van der Waals surface area contributed by atoms with Gasteiger partial charge in [-0.2, -0.15) is 0 Å². The maximum absolute atomic E-state index is 12.5. The van der Waals surface area contributed by atoms with E-state index < -0.39 is 11.8 Å². The van der Waals surface area contributed by atoms with E-state index in [0.29, 0.717) is 24.3 Å². The Morgan fingerprint density at radius 2 is 1.68 bits per heavy atom. The molecule has 0 saturated carbocycles. The number of carbonyl (C=O) groups is 3. The quantitative estimate of drug-likeness (QED) is 0.686. The van der Waals surface area contributed by atoms with Gasteiger partial charge in [0, 0.05) is 37.8 Å². The van der Waals surface area contributed by atoms with Crippen LogP contribution < -0.4 is 5.32 Å². The largest absolute Gasteiger partial charge is 0.459 e. The third-order valence-corrected chi connectivity index (χ3v) is 4.66. The number of hydrogen-bond acceptors (Lipinski definition) is 5. The van der Waals surface area contributed by atoms with Crippen LogP contribution in [0.25, 0.3) is 10.9 Å². The molecule has 4 rings (SSSR count). The lowest BCUT2D eigenvalue weighted by Crippen LogP contribution is -2.52. The van der Waals surface area contributed by atoms with E-state index in [1.54, 1.807) is 35.4 Å². The van der Waals surface area contributed by atoms with Crippen molar-refractivity contribution in [2.24, 2.45) is 0 Å². The lowest BCUT2D eigenvalue weighted by atomic mass is 10.2.